The SMILES string of the molecule is COC(=O)c1c(NC(=O)CSc2nnc(C(C)Oc3cccc(C)c3)n2C)sc2c1CCCC2. The standard InChI is InChI=1S/C24H28N4O4S2/c1-14-8-7-9-16(12-14)32-15(2)21-26-27-24(28(21)3)33-13-19(29)25-22-20(23(30)31-4)17-10-5-6-11-18(17)34-22/h7-9,12,15H,5-6,10-11,13H2,1-4H3,(H,25,29). The Kier molecular flexibility index (Phi) is 7.57. The summed E-state index contributed by atoms with van der Waals surface area (Å²) in [6, 6.07) is 7.84. The number of rotatable bonds is 8. The van der Waals surface area contributed by atoms with Crippen molar-refractivity contribution in [3.63, 3.8) is 0 Å². The average molecular weight is 501 g/mol. The monoisotopic (exact) mass is 500 g/mol. The van der Waals surface area contributed by atoms with Crippen molar-refractivity contribution in [2.75, 3.05) is 18.2 Å². The van der Waals surface area contributed by atoms with E-state index in [4.69, 9.17) is 9.47 Å². The van der Waals surface area contributed by atoms with Crippen LogP contribution in [0.5, 0.6) is 5.75 Å². The summed E-state index contributed by atoms with van der Waals surface area (Å²) in [5.41, 5.74) is 2.64. The highest BCUT2D eigenvalue weighted by atomic mass is 32.2. The zero-order valence-corrected chi connectivity index (χ0v) is 21.3. The number of methoxy groups -OCH3 is 1. The fraction of sp³-hybridized carbons (Fsp3) is 0.417. The molecule has 0 spiro atoms. The molecule has 1 atom stereocenters. The van der Waals surface area contributed by atoms with E-state index in [1.807, 2.05) is 49.7 Å². The second-order valence-corrected chi connectivity index (χ2v) is 10.3. The number of ether oxygens (including phenoxy) is 2. The Balaban J connectivity index is 1.40. The van der Waals surface area contributed by atoms with Crippen LogP contribution in [0.4, 0.5) is 5.00 Å². The first-order chi connectivity index (χ1) is 16.4. The first-order valence-corrected chi connectivity index (χ1v) is 13.0. The van der Waals surface area contributed by atoms with Crippen molar-refractivity contribution in [1.82, 2.24) is 14.8 Å². The molecule has 10 heteroatoms. The Bertz CT molecular complexity index is 1200. The highest BCUT2D eigenvalue weighted by Crippen LogP contribution is 2.38. The summed E-state index contributed by atoms with van der Waals surface area (Å²) in [5, 5.41) is 12.6. The normalized spacial score (nSPS) is 13.8. The van der Waals surface area contributed by atoms with Gasteiger partial charge in [0.1, 0.15) is 10.8 Å². The minimum Gasteiger partial charge on any atom is -0.483 e. The van der Waals surface area contributed by atoms with Crippen LogP contribution in [0.25, 0.3) is 0 Å². The molecule has 1 aromatic carbocycles. The van der Waals surface area contributed by atoms with Gasteiger partial charge in [0.2, 0.25) is 5.91 Å². The molecule has 180 valence electrons. The maximum atomic E-state index is 12.7. The van der Waals surface area contributed by atoms with E-state index in [9.17, 15) is 9.59 Å². The number of carbonyl (C=O) groups excluding carboxylic acids is 2. The molecule has 3 aromatic rings. The fourth-order valence-electron chi connectivity index (χ4n) is 4.02. The van der Waals surface area contributed by atoms with Gasteiger partial charge in [0, 0.05) is 11.9 Å². The van der Waals surface area contributed by atoms with Crippen LogP contribution in [0.1, 0.15) is 58.1 Å². The largest absolute Gasteiger partial charge is 0.483 e. The van der Waals surface area contributed by atoms with Gasteiger partial charge in [0.25, 0.3) is 0 Å². The number of thiophene rings is 1. The van der Waals surface area contributed by atoms with Crippen LogP contribution >= 0.6 is 23.1 Å². The number of anilines is 1. The van der Waals surface area contributed by atoms with Crippen LogP contribution in [0.2, 0.25) is 0 Å². The molecule has 2 aromatic heterocycles. The summed E-state index contributed by atoms with van der Waals surface area (Å²) in [5.74, 6) is 0.972. The maximum absolute atomic E-state index is 12.7. The number of aryl methyl sites for hydroxylation is 2. The molecule has 0 fully saturated rings. The third-order valence-corrected chi connectivity index (χ3v) is 7.91. The van der Waals surface area contributed by atoms with Crippen molar-refractivity contribution >= 4 is 40.0 Å². The molecule has 0 saturated heterocycles. The van der Waals surface area contributed by atoms with Gasteiger partial charge < -0.3 is 19.4 Å². The summed E-state index contributed by atoms with van der Waals surface area (Å²) < 4.78 is 12.8. The number of amides is 1. The second-order valence-electron chi connectivity index (χ2n) is 8.22. The number of nitrogens with one attached hydrogen (secondary N) is 1. The molecule has 0 saturated carbocycles. The van der Waals surface area contributed by atoms with E-state index in [1.165, 1.54) is 30.2 Å². The predicted octanol–water partition coefficient (Wildman–Crippen LogP) is 4.72. The van der Waals surface area contributed by atoms with Gasteiger partial charge in [-0.1, -0.05) is 23.9 Å². The van der Waals surface area contributed by atoms with Crippen LogP contribution in [-0.4, -0.2) is 39.5 Å². The lowest BCUT2D eigenvalue weighted by atomic mass is 9.95. The summed E-state index contributed by atoms with van der Waals surface area (Å²) in [6.45, 7) is 3.93. The second kappa shape index (κ2) is 10.6. The van der Waals surface area contributed by atoms with Crippen molar-refractivity contribution in [3.8, 4) is 5.75 Å². The molecule has 4 rings (SSSR count). The molecular weight excluding hydrogens is 472 g/mol. The Morgan fingerprint density at radius 1 is 1.26 bits per heavy atom. The number of benzene rings is 1. The zero-order chi connectivity index (χ0) is 24.2. The van der Waals surface area contributed by atoms with Gasteiger partial charge >= 0.3 is 5.97 Å². The van der Waals surface area contributed by atoms with E-state index < -0.39 is 5.97 Å². The lowest BCUT2D eigenvalue weighted by Crippen LogP contribution is -2.17. The van der Waals surface area contributed by atoms with Gasteiger partial charge in [-0.25, -0.2) is 4.79 Å². The van der Waals surface area contributed by atoms with E-state index in [2.05, 4.69) is 15.5 Å². The minimum absolute atomic E-state index is 0.141. The van der Waals surface area contributed by atoms with Crippen LogP contribution in [0.3, 0.4) is 0 Å². The molecule has 34 heavy (non-hydrogen) atoms. The first-order valence-electron chi connectivity index (χ1n) is 11.2. The molecular formula is C24H28N4O4S2. The third kappa shape index (κ3) is 5.28. The molecule has 2 heterocycles. The lowest BCUT2D eigenvalue weighted by molar-refractivity contribution is -0.113. The Labute approximate surface area is 207 Å². The molecule has 1 aliphatic carbocycles. The van der Waals surface area contributed by atoms with E-state index in [1.54, 1.807) is 0 Å². The van der Waals surface area contributed by atoms with Gasteiger partial charge in [-0.15, -0.1) is 21.5 Å². The first kappa shape index (κ1) is 24.3. The number of esters is 1. The summed E-state index contributed by atoms with van der Waals surface area (Å²) in [7, 11) is 3.22. The summed E-state index contributed by atoms with van der Waals surface area (Å²) >= 11 is 2.76. The molecule has 1 aliphatic rings. The minimum atomic E-state index is -0.400. The Morgan fingerprint density at radius 2 is 2.06 bits per heavy atom. The lowest BCUT2D eigenvalue weighted by Gasteiger charge is -2.14. The molecule has 1 amide bonds. The number of hydrogen-bond acceptors (Lipinski definition) is 8. The maximum Gasteiger partial charge on any atom is 0.341 e. The molecule has 1 unspecified atom stereocenters. The van der Waals surface area contributed by atoms with Crippen molar-refractivity contribution in [1.29, 1.82) is 0 Å². The van der Waals surface area contributed by atoms with Crippen LogP contribution in [-0.2, 0) is 29.4 Å². The van der Waals surface area contributed by atoms with Gasteiger partial charge in [0.05, 0.1) is 18.4 Å². The number of thioether (sulfide) groups is 1. The van der Waals surface area contributed by atoms with Crippen LogP contribution < -0.4 is 10.1 Å². The Morgan fingerprint density at radius 3 is 2.82 bits per heavy atom. The number of hydrogen-bond donors (Lipinski definition) is 1. The van der Waals surface area contributed by atoms with E-state index in [0.29, 0.717) is 21.5 Å². The number of carbonyl (C=O) groups is 2. The average Bonchev–Trinajstić information content (AvgIpc) is 3.37. The smallest absolute Gasteiger partial charge is 0.341 e. The van der Waals surface area contributed by atoms with E-state index >= 15 is 0 Å². The fourth-order valence-corrected chi connectivity index (χ4v) is 6.03. The van der Waals surface area contributed by atoms with Gasteiger partial charge in [0.15, 0.2) is 17.1 Å². The van der Waals surface area contributed by atoms with Gasteiger partial charge in [-0.2, -0.15) is 0 Å². The summed E-state index contributed by atoms with van der Waals surface area (Å²) in [4.78, 5) is 26.3. The number of aromatic nitrogens is 3. The highest BCUT2D eigenvalue weighted by Gasteiger charge is 2.27. The molecule has 1 N–H and O–H groups in total. The third-order valence-electron chi connectivity index (χ3n) is 5.68. The zero-order valence-electron chi connectivity index (χ0n) is 19.7. The predicted molar refractivity (Wildman–Crippen MR) is 133 cm³/mol. The van der Waals surface area contributed by atoms with Crippen molar-refractivity contribution in [2.45, 2.75) is 50.8 Å². The van der Waals surface area contributed by atoms with Crippen LogP contribution in [0, 0.1) is 6.92 Å². The van der Waals surface area contributed by atoms with Crippen molar-refractivity contribution in [2.24, 2.45) is 7.05 Å². The van der Waals surface area contributed by atoms with Gasteiger partial charge in [-0.05, 0) is 62.8 Å². The Hall–Kier alpha value is -2.85. The molecule has 0 aliphatic heterocycles. The molecule has 8 nitrogen and oxygen atoms in total. The molecule has 0 bridgehead atoms. The van der Waals surface area contributed by atoms with Crippen molar-refractivity contribution in [3.05, 3.63) is 51.7 Å². The quantitative estimate of drug-likeness (QED) is 0.353. The van der Waals surface area contributed by atoms with Crippen LogP contribution in [0.15, 0.2) is 29.4 Å². The topological polar surface area (TPSA) is 95.3 Å². The number of nitrogens with zero attached hydrogens (tertiary/aromatic N) is 3. The van der Waals surface area contributed by atoms with Crippen molar-refractivity contribution < 1.29 is 19.1 Å². The van der Waals surface area contributed by atoms with Gasteiger partial charge in [-0.3, -0.25) is 4.79 Å². The van der Waals surface area contributed by atoms with E-state index in [0.717, 1.165) is 47.4 Å². The number of fused-ring (bicyclic) bond motifs is 1. The summed E-state index contributed by atoms with van der Waals surface area (Å²) in [6.07, 6.45) is 3.60. The van der Waals surface area contributed by atoms with E-state index in [-0.39, 0.29) is 17.8 Å². The highest BCUT2D eigenvalue weighted by molar-refractivity contribution is 7.99. The molecule has 0 radical (unpaired) electrons.